The lowest BCUT2D eigenvalue weighted by Gasteiger charge is -2.29. The lowest BCUT2D eigenvalue weighted by Crippen LogP contribution is -2.36. The summed E-state index contributed by atoms with van der Waals surface area (Å²) < 4.78 is 0. The Balaban J connectivity index is 2.54. The minimum absolute atomic E-state index is 0.699. The standard InChI is InChI=1S/C9H17NS/c1-8-9(2)11-7-5-4-6-10(8)3/h5,7-9H,4,6H2,1-3H3. The Bertz CT molecular complexity index is 144. The molecule has 1 aliphatic heterocycles. The van der Waals surface area contributed by atoms with Crippen LogP contribution in [0.15, 0.2) is 11.5 Å². The third kappa shape index (κ3) is 2.53. The summed E-state index contributed by atoms with van der Waals surface area (Å²) >= 11 is 1.94. The number of thioether (sulfide) groups is 1. The van der Waals surface area contributed by atoms with Crippen molar-refractivity contribution < 1.29 is 0 Å². The second-order valence-corrected chi connectivity index (χ2v) is 4.51. The van der Waals surface area contributed by atoms with E-state index in [0.29, 0.717) is 6.04 Å². The van der Waals surface area contributed by atoms with Crippen LogP contribution in [-0.4, -0.2) is 29.8 Å². The molecule has 0 aliphatic carbocycles. The maximum Gasteiger partial charge on any atom is 0.0213 e. The van der Waals surface area contributed by atoms with Gasteiger partial charge in [0, 0.05) is 17.8 Å². The molecule has 1 rings (SSSR count). The van der Waals surface area contributed by atoms with E-state index in [1.807, 2.05) is 11.8 Å². The fourth-order valence-corrected chi connectivity index (χ4v) is 2.13. The highest BCUT2D eigenvalue weighted by molar-refractivity contribution is 8.02. The second kappa shape index (κ2) is 4.17. The monoisotopic (exact) mass is 171 g/mol. The van der Waals surface area contributed by atoms with Gasteiger partial charge in [0.25, 0.3) is 0 Å². The van der Waals surface area contributed by atoms with Crippen molar-refractivity contribution in [3.63, 3.8) is 0 Å². The highest BCUT2D eigenvalue weighted by Gasteiger charge is 2.16. The van der Waals surface area contributed by atoms with E-state index in [2.05, 4.69) is 37.3 Å². The smallest absolute Gasteiger partial charge is 0.0213 e. The Kier molecular flexibility index (Phi) is 3.46. The predicted octanol–water partition coefficient (Wildman–Crippen LogP) is 2.35. The fraction of sp³-hybridized carbons (Fsp3) is 0.778. The van der Waals surface area contributed by atoms with Crippen molar-refractivity contribution in [2.75, 3.05) is 13.6 Å². The normalized spacial score (nSPS) is 34.8. The van der Waals surface area contributed by atoms with Crippen LogP contribution in [0.25, 0.3) is 0 Å². The quantitative estimate of drug-likeness (QED) is 0.550. The number of hydrogen-bond donors (Lipinski definition) is 0. The summed E-state index contributed by atoms with van der Waals surface area (Å²) in [7, 11) is 2.21. The molecule has 0 radical (unpaired) electrons. The van der Waals surface area contributed by atoms with Gasteiger partial charge in [-0.25, -0.2) is 0 Å². The average Bonchev–Trinajstić information content (AvgIpc) is 2.00. The Labute approximate surface area is 73.8 Å². The molecule has 0 saturated carbocycles. The average molecular weight is 171 g/mol. The molecule has 64 valence electrons. The summed E-state index contributed by atoms with van der Waals surface area (Å²) in [5.74, 6) is 0. The van der Waals surface area contributed by atoms with Crippen LogP contribution in [0.4, 0.5) is 0 Å². The van der Waals surface area contributed by atoms with Crippen LogP contribution in [0.1, 0.15) is 20.3 Å². The number of rotatable bonds is 0. The van der Waals surface area contributed by atoms with Gasteiger partial charge in [-0.05, 0) is 25.8 Å². The summed E-state index contributed by atoms with van der Waals surface area (Å²) in [5, 5.41) is 2.96. The first kappa shape index (κ1) is 9.14. The zero-order valence-electron chi connectivity index (χ0n) is 7.58. The Morgan fingerprint density at radius 3 is 2.91 bits per heavy atom. The van der Waals surface area contributed by atoms with E-state index in [0.717, 1.165) is 5.25 Å². The first-order valence-electron chi connectivity index (χ1n) is 4.22. The molecule has 0 fully saturated rings. The van der Waals surface area contributed by atoms with E-state index in [9.17, 15) is 0 Å². The van der Waals surface area contributed by atoms with E-state index in [4.69, 9.17) is 0 Å². The molecule has 11 heavy (non-hydrogen) atoms. The van der Waals surface area contributed by atoms with Crippen LogP contribution in [-0.2, 0) is 0 Å². The van der Waals surface area contributed by atoms with E-state index in [-0.39, 0.29) is 0 Å². The summed E-state index contributed by atoms with van der Waals surface area (Å²) in [6, 6.07) is 0.699. The maximum atomic E-state index is 2.43. The largest absolute Gasteiger partial charge is 0.302 e. The third-order valence-corrected chi connectivity index (χ3v) is 3.59. The Morgan fingerprint density at radius 1 is 1.45 bits per heavy atom. The predicted molar refractivity (Wildman–Crippen MR) is 52.9 cm³/mol. The van der Waals surface area contributed by atoms with Crippen LogP contribution in [0, 0.1) is 0 Å². The van der Waals surface area contributed by atoms with Gasteiger partial charge in [0.2, 0.25) is 0 Å². The molecular formula is C9H17NS. The van der Waals surface area contributed by atoms with E-state index in [1.165, 1.54) is 13.0 Å². The molecule has 1 heterocycles. The fourth-order valence-electron chi connectivity index (χ4n) is 1.20. The second-order valence-electron chi connectivity index (χ2n) is 3.22. The highest BCUT2D eigenvalue weighted by Crippen LogP contribution is 2.21. The lowest BCUT2D eigenvalue weighted by atomic mass is 10.2. The van der Waals surface area contributed by atoms with Crippen LogP contribution in [0.5, 0.6) is 0 Å². The highest BCUT2D eigenvalue weighted by atomic mass is 32.2. The first-order chi connectivity index (χ1) is 5.22. The van der Waals surface area contributed by atoms with Crippen molar-refractivity contribution in [3.05, 3.63) is 11.5 Å². The van der Waals surface area contributed by atoms with Gasteiger partial charge in [0.1, 0.15) is 0 Å². The molecule has 1 aliphatic rings. The summed E-state index contributed by atoms with van der Waals surface area (Å²) in [4.78, 5) is 2.43. The van der Waals surface area contributed by atoms with Crippen molar-refractivity contribution >= 4 is 11.8 Å². The molecule has 2 heteroatoms. The molecular weight excluding hydrogens is 154 g/mol. The van der Waals surface area contributed by atoms with E-state index in [1.54, 1.807) is 0 Å². The van der Waals surface area contributed by atoms with Crippen LogP contribution in [0.3, 0.4) is 0 Å². The van der Waals surface area contributed by atoms with Gasteiger partial charge in [-0.15, -0.1) is 11.8 Å². The number of nitrogens with zero attached hydrogens (tertiary/aromatic N) is 1. The zero-order valence-corrected chi connectivity index (χ0v) is 8.40. The molecule has 2 unspecified atom stereocenters. The van der Waals surface area contributed by atoms with Gasteiger partial charge >= 0.3 is 0 Å². The third-order valence-electron chi connectivity index (χ3n) is 2.41. The van der Waals surface area contributed by atoms with Gasteiger partial charge in [0.15, 0.2) is 0 Å². The topological polar surface area (TPSA) is 3.24 Å². The summed E-state index contributed by atoms with van der Waals surface area (Å²) in [6.07, 6.45) is 3.46. The van der Waals surface area contributed by atoms with Crippen molar-refractivity contribution in [3.8, 4) is 0 Å². The zero-order chi connectivity index (χ0) is 8.27. The summed E-state index contributed by atoms with van der Waals surface area (Å²) in [5.41, 5.74) is 0. The molecule has 0 bridgehead atoms. The molecule has 0 aromatic rings. The molecule has 0 amide bonds. The van der Waals surface area contributed by atoms with Gasteiger partial charge < -0.3 is 4.90 Å². The van der Waals surface area contributed by atoms with Gasteiger partial charge in [-0.1, -0.05) is 13.0 Å². The van der Waals surface area contributed by atoms with Crippen molar-refractivity contribution in [2.24, 2.45) is 0 Å². The van der Waals surface area contributed by atoms with Crippen molar-refractivity contribution in [1.29, 1.82) is 0 Å². The molecule has 0 aromatic carbocycles. The Morgan fingerprint density at radius 2 is 2.18 bits per heavy atom. The number of hydrogen-bond acceptors (Lipinski definition) is 2. The van der Waals surface area contributed by atoms with Crippen LogP contribution in [0.2, 0.25) is 0 Å². The lowest BCUT2D eigenvalue weighted by molar-refractivity contribution is 0.261. The van der Waals surface area contributed by atoms with Gasteiger partial charge in [0.05, 0.1) is 0 Å². The van der Waals surface area contributed by atoms with E-state index >= 15 is 0 Å². The maximum absolute atomic E-state index is 2.43. The molecule has 0 spiro atoms. The molecule has 0 aromatic heterocycles. The van der Waals surface area contributed by atoms with Gasteiger partial charge in [-0.2, -0.15) is 0 Å². The summed E-state index contributed by atoms with van der Waals surface area (Å²) in [6.45, 7) is 5.79. The minimum atomic E-state index is 0.699. The van der Waals surface area contributed by atoms with Crippen LogP contribution >= 0.6 is 11.8 Å². The van der Waals surface area contributed by atoms with Crippen molar-refractivity contribution in [1.82, 2.24) is 4.90 Å². The molecule has 0 N–H and O–H groups in total. The molecule has 2 atom stereocenters. The molecule has 0 saturated heterocycles. The SMILES string of the molecule is CC1SC=CCCN(C)C1C. The van der Waals surface area contributed by atoms with Crippen LogP contribution < -0.4 is 0 Å². The van der Waals surface area contributed by atoms with Crippen molar-refractivity contribution in [2.45, 2.75) is 31.6 Å². The molecule has 1 nitrogen and oxygen atoms in total. The van der Waals surface area contributed by atoms with Gasteiger partial charge in [-0.3, -0.25) is 0 Å². The van der Waals surface area contributed by atoms with E-state index < -0.39 is 0 Å². The Hall–Kier alpha value is 0.0500. The minimum Gasteiger partial charge on any atom is -0.302 e. The first-order valence-corrected chi connectivity index (χ1v) is 5.17.